The molecular formula is C48H44Cl6N6O4. The molecule has 1 aromatic heterocycles. The highest BCUT2D eigenvalue weighted by Crippen LogP contribution is 2.38. The second kappa shape index (κ2) is 22.1. The maximum atomic E-state index is 13.2. The monoisotopic (exact) mass is 978 g/mol. The van der Waals surface area contributed by atoms with E-state index in [1.807, 2.05) is 77.7 Å². The lowest BCUT2D eigenvalue weighted by Crippen LogP contribution is -2.50. The number of nitrogens with one attached hydrogen (secondary N) is 2. The normalized spacial score (nSPS) is 15.9. The van der Waals surface area contributed by atoms with E-state index in [1.165, 1.54) is 5.56 Å². The van der Waals surface area contributed by atoms with E-state index in [0.29, 0.717) is 66.9 Å². The molecule has 2 aliphatic heterocycles. The summed E-state index contributed by atoms with van der Waals surface area (Å²) in [5.41, 5.74) is 11.1. The molecule has 2 fully saturated rings. The van der Waals surface area contributed by atoms with Crippen LogP contribution in [-0.4, -0.2) is 55.1 Å². The maximum absolute atomic E-state index is 13.2. The molecule has 0 saturated carbocycles. The summed E-state index contributed by atoms with van der Waals surface area (Å²) in [5.74, 6) is -0.799. The van der Waals surface area contributed by atoms with Crippen molar-refractivity contribution in [1.29, 1.82) is 0 Å². The van der Waals surface area contributed by atoms with Crippen LogP contribution in [0.25, 0.3) is 10.9 Å². The highest BCUT2D eigenvalue weighted by atomic mass is 35.5. The third-order valence-corrected chi connectivity index (χ3v) is 12.2. The molecule has 6 aromatic carbocycles. The fourth-order valence-corrected chi connectivity index (χ4v) is 8.82. The smallest absolute Gasteiger partial charge is 0.398 e. The molecule has 3 heterocycles. The molecule has 2 aliphatic rings. The topological polar surface area (TPSA) is 128 Å². The average Bonchev–Trinajstić information content (AvgIpc) is 3.27. The van der Waals surface area contributed by atoms with E-state index in [4.69, 9.17) is 75.3 Å². The minimum atomic E-state index is -0.723. The summed E-state index contributed by atoms with van der Waals surface area (Å²) in [6, 6.07) is 40.8. The third-order valence-electron chi connectivity index (χ3n) is 10.6. The van der Waals surface area contributed by atoms with Crippen LogP contribution in [0.5, 0.6) is 0 Å². The van der Waals surface area contributed by atoms with Gasteiger partial charge in [0.15, 0.2) is 0 Å². The Morgan fingerprint density at radius 1 is 0.625 bits per heavy atom. The zero-order valence-electron chi connectivity index (χ0n) is 33.4. The number of amides is 1. The largest absolute Gasteiger partial charge is 0.419 e. The molecule has 0 aliphatic carbocycles. The Morgan fingerprint density at radius 3 is 1.75 bits per heavy atom. The molecule has 0 radical (unpaired) electrons. The fraction of sp³-hybridized carbons (Fsp3) is 0.188. The van der Waals surface area contributed by atoms with Gasteiger partial charge in [0, 0.05) is 65.0 Å². The number of hydrogen-bond acceptors (Lipinski definition) is 8. The van der Waals surface area contributed by atoms with Gasteiger partial charge in [-0.15, -0.1) is 0 Å². The lowest BCUT2D eigenvalue weighted by atomic mass is 10.0. The number of nitrogen functional groups attached to an aromatic ring is 1. The van der Waals surface area contributed by atoms with Crippen LogP contribution >= 0.6 is 69.6 Å². The second-order valence-electron chi connectivity index (χ2n) is 14.6. The number of carbonyl (C=O) groups is 1. The Morgan fingerprint density at radius 2 is 1.16 bits per heavy atom. The number of fused-ring (bicyclic) bond motifs is 1. The Bertz CT molecular complexity index is 2820. The first-order valence-electron chi connectivity index (χ1n) is 19.8. The predicted molar refractivity (Wildman–Crippen MR) is 265 cm³/mol. The highest BCUT2D eigenvalue weighted by Gasteiger charge is 2.33. The molecule has 2 saturated heterocycles. The van der Waals surface area contributed by atoms with Crippen LogP contribution in [-0.2, 0) is 0 Å². The second-order valence-corrected chi connectivity index (χ2v) is 17.2. The quantitative estimate of drug-likeness (QED) is 0.146. The Balaban J connectivity index is 0.000000173. The van der Waals surface area contributed by atoms with Crippen LogP contribution in [0.1, 0.15) is 41.0 Å². The number of anilines is 3. The number of benzene rings is 6. The molecule has 9 rings (SSSR count). The summed E-state index contributed by atoms with van der Waals surface area (Å²) >= 11 is 37.1. The minimum Gasteiger partial charge on any atom is -0.398 e. The van der Waals surface area contributed by atoms with Gasteiger partial charge in [-0.1, -0.05) is 126 Å². The number of nitrogens with two attached hydrogens (primary N) is 1. The average molecular weight is 982 g/mol. The first kappa shape index (κ1) is 48.3. The molecule has 1 amide bonds. The zero-order chi connectivity index (χ0) is 44.6. The van der Waals surface area contributed by atoms with E-state index >= 15 is 0 Å². The van der Waals surface area contributed by atoms with Crippen molar-refractivity contribution in [2.45, 2.75) is 19.5 Å². The first-order chi connectivity index (χ1) is 30.4. The number of rotatable bonds is 5. The Labute approximate surface area is 401 Å². The van der Waals surface area contributed by atoms with Crippen LogP contribution < -0.4 is 32.2 Å². The lowest BCUT2D eigenvalue weighted by molar-refractivity contribution is 0.0723. The molecule has 4 N–H and O–H groups in total. The maximum Gasteiger partial charge on any atom is 0.419 e. The van der Waals surface area contributed by atoms with E-state index in [-0.39, 0.29) is 25.4 Å². The van der Waals surface area contributed by atoms with Crippen LogP contribution in [0, 0.1) is 0 Å². The van der Waals surface area contributed by atoms with E-state index < -0.39 is 11.4 Å². The van der Waals surface area contributed by atoms with Crippen LogP contribution in [0.15, 0.2) is 147 Å². The fourth-order valence-electron chi connectivity index (χ4n) is 7.54. The van der Waals surface area contributed by atoms with E-state index in [1.54, 1.807) is 48.5 Å². The van der Waals surface area contributed by atoms with Crippen molar-refractivity contribution in [3.8, 4) is 0 Å². The van der Waals surface area contributed by atoms with Gasteiger partial charge in [0.05, 0.1) is 50.0 Å². The van der Waals surface area contributed by atoms with Crippen molar-refractivity contribution in [1.82, 2.24) is 15.2 Å². The standard InChI is InChI=1S/C23H20Cl3N3O.C16H15Cl3N2.C8H5NO3.CH4/c24-16-7-5-15(6-8-16)22-14-28(23(30)18-3-1-2-4-20(18)27)11-12-29(22)21-10-9-17(25)13-19(21)26;17-12-3-1-11(2-4-12)16-10-20-7-8-21(16)15-6-5-13(18)9-14(15)19;10-7-5-3-1-2-4-6(5)9-8(11)12-7;/h1-10,13,22H,11-12,14,27H2;1-6,9,16,20H,7-8,10H2;1-4H,(H,9,11);1H4. The molecule has 2 atom stereocenters. The molecule has 332 valence electrons. The van der Waals surface area contributed by atoms with E-state index in [2.05, 4.69) is 36.7 Å². The number of aromatic nitrogens is 1. The number of aromatic amines is 1. The number of carbonyl (C=O) groups excluding carboxylic acids is 1. The van der Waals surface area contributed by atoms with Crippen LogP contribution in [0.4, 0.5) is 17.1 Å². The molecule has 0 spiro atoms. The predicted octanol–water partition coefficient (Wildman–Crippen LogP) is 11.8. The van der Waals surface area contributed by atoms with Crippen molar-refractivity contribution >= 4 is 103 Å². The summed E-state index contributed by atoms with van der Waals surface area (Å²) in [7, 11) is 0. The molecule has 16 heteroatoms. The SMILES string of the molecule is C.Clc1ccc(C2CNCCN2c2ccc(Cl)cc2Cl)cc1.Nc1ccccc1C(=O)N1CCN(c2ccc(Cl)cc2Cl)C(c2ccc(Cl)cc2)C1.O=c1[nH]c2ccccc2c(=O)o1. The molecular weight excluding hydrogens is 937 g/mol. The molecule has 0 bridgehead atoms. The number of halogens is 6. The summed E-state index contributed by atoms with van der Waals surface area (Å²) < 4.78 is 4.32. The van der Waals surface area contributed by atoms with Crippen molar-refractivity contribution in [2.75, 3.05) is 54.8 Å². The Kier molecular flexibility index (Phi) is 16.7. The van der Waals surface area contributed by atoms with E-state index in [9.17, 15) is 14.4 Å². The number of piperazine rings is 2. The third kappa shape index (κ3) is 11.7. The van der Waals surface area contributed by atoms with Gasteiger partial charge in [0.1, 0.15) is 0 Å². The van der Waals surface area contributed by atoms with Crippen LogP contribution in [0.3, 0.4) is 0 Å². The van der Waals surface area contributed by atoms with Gasteiger partial charge < -0.3 is 30.2 Å². The van der Waals surface area contributed by atoms with Crippen molar-refractivity contribution in [3.05, 3.63) is 201 Å². The van der Waals surface area contributed by atoms with Crippen molar-refractivity contribution in [2.24, 2.45) is 0 Å². The van der Waals surface area contributed by atoms with Gasteiger partial charge in [-0.2, -0.15) is 0 Å². The van der Waals surface area contributed by atoms with E-state index in [0.717, 1.165) is 41.6 Å². The molecule has 7 aromatic rings. The van der Waals surface area contributed by atoms with Gasteiger partial charge in [-0.25, -0.2) is 9.59 Å². The summed E-state index contributed by atoms with van der Waals surface area (Å²) in [6.07, 6.45) is 0. The van der Waals surface area contributed by atoms with Gasteiger partial charge >= 0.3 is 11.4 Å². The molecule has 2 unspecified atom stereocenters. The van der Waals surface area contributed by atoms with Gasteiger partial charge in [0.25, 0.3) is 5.91 Å². The number of nitrogens with zero attached hydrogens (tertiary/aromatic N) is 3. The van der Waals surface area contributed by atoms with Crippen molar-refractivity contribution in [3.63, 3.8) is 0 Å². The summed E-state index contributed by atoms with van der Waals surface area (Å²) in [5, 5.41) is 7.73. The number of H-pyrrole nitrogens is 1. The van der Waals surface area contributed by atoms with Gasteiger partial charge in [-0.05, 0) is 96.1 Å². The Hall–Kier alpha value is -5.17. The summed E-state index contributed by atoms with van der Waals surface area (Å²) in [4.78, 5) is 43.6. The lowest BCUT2D eigenvalue weighted by Gasteiger charge is -2.43. The minimum absolute atomic E-state index is 0. The number of hydrogen-bond donors (Lipinski definition) is 3. The van der Waals surface area contributed by atoms with Crippen LogP contribution in [0.2, 0.25) is 30.1 Å². The van der Waals surface area contributed by atoms with Gasteiger partial charge in [-0.3, -0.25) is 9.78 Å². The van der Waals surface area contributed by atoms with Gasteiger partial charge in [0.2, 0.25) is 0 Å². The zero-order valence-corrected chi connectivity index (χ0v) is 38.0. The molecule has 10 nitrogen and oxygen atoms in total. The number of para-hydroxylation sites is 2. The first-order valence-corrected chi connectivity index (χ1v) is 22.0. The van der Waals surface area contributed by atoms with Crippen molar-refractivity contribution < 1.29 is 9.21 Å². The highest BCUT2D eigenvalue weighted by molar-refractivity contribution is 6.37. The summed E-state index contributed by atoms with van der Waals surface area (Å²) in [6.45, 7) is 4.37. The molecule has 64 heavy (non-hydrogen) atoms.